The highest BCUT2D eigenvalue weighted by molar-refractivity contribution is 9.10. The molecule has 0 aliphatic carbocycles. The lowest BCUT2D eigenvalue weighted by Gasteiger charge is -2.16. The van der Waals surface area contributed by atoms with Crippen LogP contribution in [0, 0.1) is 0 Å². The minimum atomic E-state index is -0.253. The Morgan fingerprint density at radius 2 is 1.84 bits per heavy atom. The largest absolute Gasteiger partial charge is 0.321 e. The lowest BCUT2D eigenvalue weighted by Crippen LogP contribution is -2.21. The molecule has 2 N–H and O–H groups in total. The van der Waals surface area contributed by atoms with Crippen LogP contribution in [0.3, 0.4) is 0 Å². The molecule has 1 aliphatic heterocycles. The van der Waals surface area contributed by atoms with Gasteiger partial charge in [0.25, 0.3) is 0 Å². The molecule has 25 heavy (non-hydrogen) atoms. The minimum absolute atomic E-state index is 0.253. The number of halogens is 1. The highest BCUT2D eigenvalue weighted by Crippen LogP contribution is 2.27. The predicted molar refractivity (Wildman–Crippen MR) is 104 cm³/mol. The van der Waals surface area contributed by atoms with Crippen molar-refractivity contribution in [2.75, 3.05) is 5.75 Å². The van der Waals surface area contributed by atoms with Gasteiger partial charge in [0.2, 0.25) is 5.16 Å². The number of thioether (sulfide) groups is 1. The summed E-state index contributed by atoms with van der Waals surface area (Å²) in [7, 11) is 0. The quantitative estimate of drug-likeness (QED) is 0.708. The summed E-state index contributed by atoms with van der Waals surface area (Å²) in [5.41, 5.74) is 9.66. The Morgan fingerprint density at radius 3 is 2.60 bits per heavy atom. The van der Waals surface area contributed by atoms with Gasteiger partial charge in [0.15, 0.2) is 5.82 Å². The van der Waals surface area contributed by atoms with Crippen LogP contribution in [0.1, 0.15) is 23.0 Å². The first-order valence-electron chi connectivity index (χ1n) is 7.92. The number of rotatable bonds is 4. The second-order valence-corrected chi connectivity index (χ2v) is 7.65. The lowest BCUT2D eigenvalue weighted by atomic mass is 10.1. The zero-order valence-corrected chi connectivity index (χ0v) is 15.7. The zero-order valence-electron chi connectivity index (χ0n) is 13.3. The number of hydrogen-bond donors (Lipinski definition) is 1. The van der Waals surface area contributed by atoms with Crippen molar-refractivity contribution in [3.63, 3.8) is 0 Å². The maximum Gasteiger partial charge on any atom is 0.212 e. The number of fused-ring (bicyclic) bond motifs is 1. The van der Waals surface area contributed by atoms with E-state index in [-0.39, 0.29) is 6.04 Å². The fourth-order valence-corrected chi connectivity index (χ4v) is 3.83. The second kappa shape index (κ2) is 7.11. The van der Waals surface area contributed by atoms with Crippen molar-refractivity contribution >= 4 is 33.4 Å². The van der Waals surface area contributed by atoms with E-state index in [9.17, 15) is 0 Å². The minimum Gasteiger partial charge on any atom is -0.321 e. The van der Waals surface area contributed by atoms with Crippen LogP contribution in [-0.2, 0) is 6.42 Å². The van der Waals surface area contributed by atoms with Crippen LogP contribution in [-0.4, -0.2) is 26.3 Å². The van der Waals surface area contributed by atoms with E-state index in [0.717, 1.165) is 26.7 Å². The average Bonchev–Trinajstić information content (AvgIpc) is 3.06. The summed E-state index contributed by atoms with van der Waals surface area (Å²) in [6.07, 6.45) is 0.701. The van der Waals surface area contributed by atoms with Crippen LogP contribution in [0.15, 0.2) is 69.3 Å². The number of nitrogens with zero attached hydrogens (tertiary/aromatic N) is 4. The van der Waals surface area contributed by atoms with Gasteiger partial charge in [-0.2, -0.15) is 9.78 Å². The first-order chi connectivity index (χ1) is 12.2. The van der Waals surface area contributed by atoms with E-state index >= 15 is 0 Å². The Balaban J connectivity index is 1.63. The summed E-state index contributed by atoms with van der Waals surface area (Å²) in [5.74, 6) is 1.47. The van der Waals surface area contributed by atoms with Gasteiger partial charge in [-0.1, -0.05) is 70.2 Å². The molecule has 0 radical (unpaired) electrons. The normalized spacial score (nSPS) is 14.7. The summed E-state index contributed by atoms with van der Waals surface area (Å²) < 4.78 is 2.84. The summed E-state index contributed by atoms with van der Waals surface area (Å²) in [6, 6.07) is 18.1. The van der Waals surface area contributed by atoms with Gasteiger partial charge in [-0.15, -0.1) is 10.2 Å². The van der Waals surface area contributed by atoms with Gasteiger partial charge in [0, 0.05) is 10.2 Å². The van der Waals surface area contributed by atoms with Crippen LogP contribution < -0.4 is 5.73 Å². The molecular formula is C18H16BrN5S. The number of hydrogen-bond acceptors (Lipinski definition) is 5. The highest BCUT2D eigenvalue weighted by Gasteiger charge is 2.23. The fourth-order valence-electron chi connectivity index (χ4n) is 2.72. The van der Waals surface area contributed by atoms with Crippen molar-refractivity contribution < 1.29 is 0 Å². The molecule has 1 unspecified atom stereocenters. The third-order valence-electron chi connectivity index (χ3n) is 4.00. The van der Waals surface area contributed by atoms with Gasteiger partial charge in [0.1, 0.15) is 0 Å². The molecule has 0 amide bonds. The summed E-state index contributed by atoms with van der Waals surface area (Å²) >= 11 is 5.10. The monoisotopic (exact) mass is 413 g/mol. The van der Waals surface area contributed by atoms with Crippen molar-refractivity contribution in [3.8, 4) is 0 Å². The molecule has 4 rings (SSSR count). The molecular weight excluding hydrogens is 398 g/mol. The molecule has 0 saturated carbocycles. The molecule has 1 aromatic heterocycles. The molecule has 7 heteroatoms. The molecule has 5 nitrogen and oxygen atoms in total. The Labute approximate surface area is 158 Å². The third-order valence-corrected chi connectivity index (χ3v) is 5.46. The lowest BCUT2D eigenvalue weighted by molar-refractivity contribution is 0.606. The predicted octanol–water partition coefficient (Wildman–Crippen LogP) is 3.64. The van der Waals surface area contributed by atoms with Gasteiger partial charge >= 0.3 is 0 Å². The molecule has 1 aliphatic rings. The van der Waals surface area contributed by atoms with Crippen LogP contribution >= 0.6 is 27.7 Å². The van der Waals surface area contributed by atoms with Gasteiger partial charge in [-0.25, -0.2) is 0 Å². The SMILES string of the molecule is NC(Cc1ccccc1)c1nnc2n1N=C(c1ccc(Br)cc1)CS2. The van der Waals surface area contributed by atoms with Crippen LogP contribution in [0.5, 0.6) is 0 Å². The van der Waals surface area contributed by atoms with Gasteiger partial charge in [-0.05, 0) is 29.7 Å². The Kier molecular flexibility index (Phi) is 4.70. The van der Waals surface area contributed by atoms with Gasteiger partial charge in [0.05, 0.1) is 11.8 Å². The summed E-state index contributed by atoms with van der Waals surface area (Å²) in [4.78, 5) is 0. The standard InChI is InChI=1S/C18H16BrN5S/c19-14-8-6-13(7-9-14)16-11-25-18-22-21-17(24(18)23-16)15(20)10-12-4-2-1-3-5-12/h1-9,15H,10-11,20H2. The smallest absolute Gasteiger partial charge is 0.212 e. The topological polar surface area (TPSA) is 69.1 Å². The van der Waals surface area contributed by atoms with Crippen molar-refractivity contribution in [1.29, 1.82) is 0 Å². The Bertz CT molecular complexity index is 905. The molecule has 0 spiro atoms. The summed E-state index contributed by atoms with van der Waals surface area (Å²) in [5, 5.41) is 14.1. The molecule has 126 valence electrons. The second-order valence-electron chi connectivity index (χ2n) is 5.79. The third kappa shape index (κ3) is 3.53. The van der Waals surface area contributed by atoms with E-state index in [1.807, 2.05) is 30.3 Å². The number of benzene rings is 2. The van der Waals surface area contributed by atoms with E-state index in [1.165, 1.54) is 5.56 Å². The summed E-state index contributed by atoms with van der Waals surface area (Å²) in [6.45, 7) is 0. The zero-order chi connectivity index (χ0) is 17.2. The fraction of sp³-hybridized carbons (Fsp3) is 0.167. The number of aromatic nitrogens is 3. The van der Waals surface area contributed by atoms with Crippen LogP contribution in [0.2, 0.25) is 0 Å². The molecule has 3 aromatic rings. The molecule has 2 heterocycles. The first-order valence-corrected chi connectivity index (χ1v) is 9.70. The van der Waals surface area contributed by atoms with Crippen molar-refractivity contribution in [1.82, 2.24) is 14.9 Å². The highest BCUT2D eigenvalue weighted by atomic mass is 79.9. The number of nitrogens with two attached hydrogens (primary N) is 1. The van der Waals surface area contributed by atoms with Crippen molar-refractivity contribution in [3.05, 3.63) is 76.0 Å². The van der Waals surface area contributed by atoms with Crippen molar-refractivity contribution in [2.24, 2.45) is 10.8 Å². The molecule has 2 aromatic carbocycles. The van der Waals surface area contributed by atoms with E-state index in [2.05, 4.69) is 50.4 Å². The molecule has 0 saturated heterocycles. The van der Waals surface area contributed by atoms with Crippen LogP contribution in [0.4, 0.5) is 0 Å². The maximum absolute atomic E-state index is 6.39. The van der Waals surface area contributed by atoms with E-state index in [4.69, 9.17) is 10.8 Å². The van der Waals surface area contributed by atoms with Crippen LogP contribution in [0.25, 0.3) is 0 Å². The van der Waals surface area contributed by atoms with Gasteiger partial charge < -0.3 is 5.73 Å². The maximum atomic E-state index is 6.39. The molecule has 0 bridgehead atoms. The Morgan fingerprint density at radius 1 is 1.08 bits per heavy atom. The Hall–Kier alpha value is -1.96. The van der Waals surface area contributed by atoms with E-state index in [0.29, 0.717) is 12.2 Å². The first kappa shape index (κ1) is 16.5. The van der Waals surface area contributed by atoms with Gasteiger partial charge in [-0.3, -0.25) is 0 Å². The average molecular weight is 414 g/mol. The van der Waals surface area contributed by atoms with E-state index < -0.39 is 0 Å². The molecule has 1 atom stereocenters. The van der Waals surface area contributed by atoms with E-state index in [1.54, 1.807) is 16.4 Å². The van der Waals surface area contributed by atoms with Crippen molar-refractivity contribution in [2.45, 2.75) is 17.6 Å². The molecule has 0 fully saturated rings.